The first-order chi connectivity index (χ1) is 8.83. The van der Waals surface area contributed by atoms with Crippen LogP contribution < -0.4 is 0 Å². The van der Waals surface area contributed by atoms with Crippen LogP contribution in [0.25, 0.3) is 10.8 Å². The third kappa shape index (κ3) is 2.96. The van der Waals surface area contributed by atoms with E-state index in [2.05, 4.69) is 6.07 Å². The van der Waals surface area contributed by atoms with Crippen molar-refractivity contribution in [3.63, 3.8) is 0 Å². The van der Waals surface area contributed by atoms with Crippen LogP contribution in [0.4, 0.5) is 0 Å². The molecule has 0 heterocycles. The van der Waals surface area contributed by atoms with Gasteiger partial charge in [0.15, 0.2) is 0 Å². The summed E-state index contributed by atoms with van der Waals surface area (Å²) in [5.41, 5.74) is 0. The van der Waals surface area contributed by atoms with Gasteiger partial charge in [0.25, 0.3) is 0 Å². The van der Waals surface area contributed by atoms with Crippen molar-refractivity contribution in [1.82, 2.24) is 0 Å². The topological polar surface area (TPSA) is 44.0 Å². The molecule has 0 spiro atoms. The minimum atomic E-state index is 0.333. The predicted molar refractivity (Wildman–Crippen MR) is 75.8 cm³/mol. The molecule has 0 amide bonds. The maximum atomic E-state index is 9.79. The van der Waals surface area contributed by atoms with E-state index < -0.39 is 0 Å². The Morgan fingerprint density at radius 2 is 1.83 bits per heavy atom. The molecule has 18 heavy (non-hydrogen) atoms. The minimum Gasteiger partial charge on any atom is -0.507 e. The molecule has 2 aromatic rings. The van der Waals surface area contributed by atoms with Gasteiger partial charge in [-0.05, 0) is 36.1 Å². The van der Waals surface area contributed by atoms with E-state index in [1.54, 1.807) is 17.8 Å². The van der Waals surface area contributed by atoms with Gasteiger partial charge in [-0.2, -0.15) is 5.26 Å². The van der Waals surface area contributed by atoms with Crippen molar-refractivity contribution < 1.29 is 5.11 Å². The molecule has 0 aliphatic rings. The first-order valence-corrected chi connectivity index (χ1v) is 7.02. The van der Waals surface area contributed by atoms with Gasteiger partial charge in [0.2, 0.25) is 0 Å². The fourth-order valence-corrected chi connectivity index (χ4v) is 2.94. The van der Waals surface area contributed by atoms with Crippen molar-refractivity contribution in [2.75, 3.05) is 5.75 Å². The van der Waals surface area contributed by atoms with Crippen LogP contribution in [0.15, 0.2) is 41.3 Å². The van der Waals surface area contributed by atoms with Gasteiger partial charge < -0.3 is 5.11 Å². The number of hydrogen-bond acceptors (Lipinski definition) is 3. The molecular weight excluding hydrogens is 242 g/mol. The van der Waals surface area contributed by atoms with E-state index in [9.17, 15) is 5.11 Å². The van der Waals surface area contributed by atoms with Gasteiger partial charge in [0, 0.05) is 16.7 Å². The van der Waals surface area contributed by atoms with E-state index in [4.69, 9.17) is 5.26 Å². The molecule has 0 saturated carbocycles. The summed E-state index contributed by atoms with van der Waals surface area (Å²) in [4.78, 5) is 1.19. The number of phenolic OH excluding ortho intramolecular Hbond substituents is 1. The summed E-state index contributed by atoms with van der Waals surface area (Å²) in [6, 6.07) is 13.8. The fourth-order valence-electron chi connectivity index (χ4n) is 1.87. The molecule has 0 bridgehead atoms. The number of nitrogens with zero attached hydrogens (tertiary/aromatic N) is 1. The van der Waals surface area contributed by atoms with E-state index >= 15 is 0 Å². The van der Waals surface area contributed by atoms with Gasteiger partial charge in [-0.3, -0.25) is 0 Å². The molecule has 0 aromatic heterocycles. The van der Waals surface area contributed by atoms with Gasteiger partial charge in [0.05, 0.1) is 6.07 Å². The van der Waals surface area contributed by atoms with Crippen LogP contribution in [0, 0.1) is 11.3 Å². The zero-order valence-electron chi connectivity index (χ0n) is 10.1. The number of thioether (sulfide) groups is 1. The Balaban J connectivity index is 2.09. The maximum Gasteiger partial charge on any atom is 0.123 e. The predicted octanol–water partition coefficient (Wildman–Crippen LogP) is 4.33. The van der Waals surface area contributed by atoms with Crippen molar-refractivity contribution in [1.29, 1.82) is 5.26 Å². The molecule has 0 unspecified atom stereocenters. The monoisotopic (exact) mass is 257 g/mol. The molecule has 0 aliphatic carbocycles. The lowest BCUT2D eigenvalue weighted by Gasteiger charge is -2.07. The third-order valence-corrected chi connectivity index (χ3v) is 3.96. The van der Waals surface area contributed by atoms with E-state index in [1.165, 1.54) is 4.90 Å². The van der Waals surface area contributed by atoms with Crippen LogP contribution in [-0.4, -0.2) is 10.9 Å². The second-order valence-electron chi connectivity index (χ2n) is 4.09. The normalized spacial score (nSPS) is 10.4. The van der Waals surface area contributed by atoms with Crippen molar-refractivity contribution in [3.05, 3.63) is 36.4 Å². The highest BCUT2D eigenvalue weighted by Gasteiger charge is 2.04. The average Bonchev–Trinajstić information content (AvgIpc) is 2.41. The van der Waals surface area contributed by atoms with E-state index in [0.717, 1.165) is 29.4 Å². The highest BCUT2D eigenvalue weighted by molar-refractivity contribution is 7.99. The number of benzene rings is 2. The van der Waals surface area contributed by atoms with Gasteiger partial charge >= 0.3 is 0 Å². The highest BCUT2D eigenvalue weighted by atomic mass is 32.2. The number of aromatic hydroxyl groups is 1. The molecule has 3 heteroatoms. The summed E-state index contributed by atoms with van der Waals surface area (Å²) >= 11 is 1.79. The highest BCUT2D eigenvalue weighted by Crippen LogP contribution is 2.33. The summed E-state index contributed by atoms with van der Waals surface area (Å²) in [6.45, 7) is 0. The third-order valence-electron chi connectivity index (χ3n) is 2.80. The molecule has 0 aliphatic heterocycles. The van der Waals surface area contributed by atoms with Crippen molar-refractivity contribution in [2.45, 2.75) is 24.2 Å². The van der Waals surface area contributed by atoms with Crippen LogP contribution >= 0.6 is 11.8 Å². The van der Waals surface area contributed by atoms with E-state index in [1.807, 2.05) is 30.3 Å². The molecule has 0 saturated heterocycles. The number of nitriles is 1. The minimum absolute atomic E-state index is 0.333. The molecule has 2 nitrogen and oxygen atoms in total. The fraction of sp³-hybridized carbons (Fsp3) is 0.267. The van der Waals surface area contributed by atoms with Gasteiger partial charge in [0.1, 0.15) is 5.75 Å². The lowest BCUT2D eigenvalue weighted by molar-refractivity contribution is 0.481. The Bertz CT molecular complexity index is 574. The molecule has 0 fully saturated rings. The van der Waals surface area contributed by atoms with Crippen LogP contribution in [0.5, 0.6) is 5.75 Å². The lowest BCUT2D eigenvalue weighted by atomic mass is 10.1. The first-order valence-electron chi connectivity index (χ1n) is 6.03. The Morgan fingerprint density at radius 3 is 2.61 bits per heavy atom. The number of phenols is 1. The van der Waals surface area contributed by atoms with Gasteiger partial charge in [-0.15, -0.1) is 11.8 Å². The van der Waals surface area contributed by atoms with Crippen LogP contribution in [0.1, 0.15) is 19.3 Å². The lowest BCUT2D eigenvalue weighted by Crippen LogP contribution is -1.83. The average molecular weight is 257 g/mol. The Hall–Kier alpha value is -1.66. The number of rotatable bonds is 5. The smallest absolute Gasteiger partial charge is 0.123 e. The number of unbranched alkanes of at least 4 members (excludes halogenated alkanes) is 2. The zero-order chi connectivity index (χ0) is 12.8. The van der Waals surface area contributed by atoms with Crippen LogP contribution in [0.2, 0.25) is 0 Å². The summed E-state index contributed by atoms with van der Waals surface area (Å²) in [5.74, 6) is 1.34. The van der Waals surface area contributed by atoms with E-state index in [-0.39, 0.29) is 0 Å². The van der Waals surface area contributed by atoms with Crippen LogP contribution in [0.3, 0.4) is 0 Å². The summed E-state index contributed by atoms with van der Waals surface area (Å²) < 4.78 is 0. The molecule has 2 aromatic carbocycles. The first kappa shape index (κ1) is 12.8. The molecule has 0 atom stereocenters. The molecule has 0 radical (unpaired) electrons. The zero-order valence-corrected chi connectivity index (χ0v) is 10.9. The molecular formula is C15H15NOS. The Kier molecular flexibility index (Phi) is 4.49. The molecule has 92 valence electrons. The van der Waals surface area contributed by atoms with Gasteiger partial charge in [-0.1, -0.05) is 24.3 Å². The van der Waals surface area contributed by atoms with Crippen molar-refractivity contribution in [2.24, 2.45) is 0 Å². The van der Waals surface area contributed by atoms with Gasteiger partial charge in [-0.25, -0.2) is 0 Å². The standard InChI is InChI=1S/C15H15NOS/c16-10-4-1-5-11-18-15-9-8-14(17)12-6-2-3-7-13(12)15/h2-3,6-9,17H,1,4-5,11H2. The number of fused-ring (bicyclic) bond motifs is 1. The summed E-state index contributed by atoms with van der Waals surface area (Å²) in [6.07, 6.45) is 2.64. The van der Waals surface area contributed by atoms with E-state index in [0.29, 0.717) is 12.2 Å². The molecule has 2 rings (SSSR count). The second-order valence-corrected chi connectivity index (χ2v) is 5.23. The largest absolute Gasteiger partial charge is 0.507 e. The van der Waals surface area contributed by atoms with Crippen LogP contribution in [-0.2, 0) is 0 Å². The van der Waals surface area contributed by atoms with Crippen molar-refractivity contribution >= 4 is 22.5 Å². The number of hydrogen-bond donors (Lipinski definition) is 1. The quantitative estimate of drug-likeness (QED) is 0.640. The summed E-state index contributed by atoms with van der Waals surface area (Å²) in [7, 11) is 0. The van der Waals surface area contributed by atoms with Crippen molar-refractivity contribution in [3.8, 4) is 11.8 Å². The SMILES string of the molecule is N#CCCCCSc1ccc(O)c2ccccc12. The Labute approximate surface area is 111 Å². The summed E-state index contributed by atoms with van der Waals surface area (Å²) in [5, 5.41) is 20.3. The second kappa shape index (κ2) is 6.32. The molecule has 1 N–H and O–H groups in total. The maximum absolute atomic E-state index is 9.79. The Morgan fingerprint density at radius 1 is 1.06 bits per heavy atom.